The quantitative estimate of drug-likeness (QED) is 0.310. The van der Waals surface area contributed by atoms with Gasteiger partial charge in [-0.3, -0.25) is 29.9 Å². The molecule has 0 radical (unpaired) electrons. The first-order valence-corrected chi connectivity index (χ1v) is 11.0. The largest absolute Gasteiger partial charge is 0.423 e. The van der Waals surface area contributed by atoms with Gasteiger partial charge in [0.05, 0.1) is 30.8 Å². The summed E-state index contributed by atoms with van der Waals surface area (Å²) in [4.78, 5) is 51.9. The maximum Gasteiger partial charge on any atom is 0.423 e. The number of amides is 3. The third-order valence-electron chi connectivity index (χ3n) is 5.54. The normalized spacial score (nSPS) is 25.7. The van der Waals surface area contributed by atoms with Gasteiger partial charge in [0, 0.05) is 25.6 Å². The molecule has 0 bridgehead atoms. The average molecular weight is 575 g/mol. The van der Waals surface area contributed by atoms with Crippen molar-refractivity contribution in [2.45, 2.75) is 49.3 Å². The summed E-state index contributed by atoms with van der Waals surface area (Å²) < 4.78 is 43.4. The fourth-order valence-electron chi connectivity index (χ4n) is 3.70. The van der Waals surface area contributed by atoms with Crippen molar-refractivity contribution >= 4 is 47.5 Å². The van der Waals surface area contributed by atoms with Crippen molar-refractivity contribution in [1.29, 1.82) is 5.41 Å². The smallest absolute Gasteiger partial charge is 0.394 e. The Labute approximate surface area is 217 Å². The minimum atomic E-state index is -4.92. The van der Waals surface area contributed by atoms with E-state index in [-0.39, 0.29) is 25.4 Å². The SMILES string of the molecule is Cl.N=C1CCCN1CC1=NC(=O)NC(=O)C1Cl.O=c1[nH]c(=O)n([C@H]2C[C@H](O)[C@@H](CO)O2)cc1C(F)(F)F. The number of imide groups is 1. The molecule has 1 unspecified atom stereocenters. The third kappa shape index (κ3) is 7.16. The van der Waals surface area contributed by atoms with Gasteiger partial charge in [0.1, 0.15) is 17.9 Å². The van der Waals surface area contributed by atoms with Crippen molar-refractivity contribution in [2.24, 2.45) is 4.99 Å². The Morgan fingerprint density at radius 3 is 2.49 bits per heavy atom. The van der Waals surface area contributed by atoms with Gasteiger partial charge in [-0.25, -0.2) is 9.59 Å². The second-order valence-corrected chi connectivity index (χ2v) is 8.49. The summed E-state index contributed by atoms with van der Waals surface area (Å²) in [6, 6.07) is -0.678. The second kappa shape index (κ2) is 12.2. The number of hydrogen-bond acceptors (Lipinski definition) is 8. The Morgan fingerprint density at radius 1 is 1.27 bits per heavy atom. The van der Waals surface area contributed by atoms with Crippen LogP contribution in [-0.4, -0.2) is 85.4 Å². The van der Waals surface area contributed by atoms with Crippen molar-refractivity contribution in [1.82, 2.24) is 19.8 Å². The van der Waals surface area contributed by atoms with Crippen LogP contribution >= 0.6 is 24.0 Å². The molecule has 3 amide bonds. The van der Waals surface area contributed by atoms with Gasteiger partial charge in [-0.15, -0.1) is 24.0 Å². The van der Waals surface area contributed by atoms with Crippen LogP contribution in [0.2, 0.25) is 0 Å². The molecule has 5 N–H and O–H groups in total. The highest BCUT2D eigenvalue weighted by molar-refractivity contribution is 6.45. The summed E-state index contributed by atoms with van der Waals surface area (Å²) >= 11 is 5.83. The van der Waals surface area contributed by atoms with Gasteiger partial charge in [0.2, 0.25) is 0 Å². The van der Waals surface area contributed by atoms with Crippen molar-refractivity contribution in [3.05, 3.63) is 32.6 Å². The van der Waals surface area contributed by atoms with E-state index >= 15 is 0 Å². The van der Waals surface area contributed by atoms with E-state index in [1.165, 1.54) is 0 Å². The minimum Gasteiger partial charge on any atom is -0.394 e. The van der Waals surface area contributed by atoms with Crippen LogP contribution in [0.15, 0.2) is 20.8 Å². The van der Waals surface area contributed by atoms with Crippen LogP contribution in [0.5, 0.6) is 0 Å². The number of carbonyl (C=O) groups is 2. The molecule has 1 aromatic rings. The molecule has 0 aliphatic carbocycles. The molecule has 13 nitrogen and oxygen atoms in total. The Bertz CT molecular complexity index is 1190. The van der Waals surface area contributed by atoms with E-state index in [0.29, 0.717) is 22.3 Å². The predicted octanol–water partition coefficient (Wildman–Crippen LogP) is -0.0244. The molecule has 37 heavy (non-hydrogen) atoms. The number of hydrogen-bond donors (Lipinski definition) is 5. The molecule has 0 spiro atoms. The van der Waals surface area contributed by atoms with Gasteiger partial charge in [-0.2, -0.15) is 18.2 Å². The molecule has 0 saturated carbocycles. The number of likely N-dealkylation sites (tertiary alicyclic amines) is 1. The summed E-state index contributed by atoms with van der Waals surface area (Å²) in [6.45, 7) is 0.491. The van der Waals surface area contributed by atoms with E-state index in [1.807, 2.05) is 5.32 Å². The highest BCUT2D eigenvalue weighted by atomic mass is 35.5. The topological polar surface area (TPSA) is 190 Å². The van der Waals surface area contributed by atoms with Crippen LogP contribution in [0.3, 0.4) is 0 Å². The van der Waals surface area contributed by atoms with Crippen molar-refractivity contribution in [2.75, 3.05) is 19.7 Å². The van der Waals surface area contributed by atoms with Crippen LogP contribution in [0.4, 0.5) is 18.0 Å². The van der Waals surface area contributed by atoms with Gasteiger partial charge in [-0.1, -0.05) is 0 Å². The molecule has 4 rings (SSSR count). The number of H-pyrrole nitrogens is 1. The molecule has 0 aromatic carbocycles. The summed E-state index contributed by atoms with van der Waals surface area (Å²) in [7, 11) is 0. The summed E-state index contributed by atoms with van der Waals surface area (Å²) in [5, 5.41) is 27.1. The van der Waals surface area contributed by atoms with Gasteiger partial charge in [0.25, 0.3) is 11.5 Å². The highest BCUT2D eigenvalue weighted by Crippen LogP contribution is 2.30. The number of halogens is 5. The lowest BCUT2D eigenvalue weighted by Gasteiger charge is -2.22. The van der Waals surface area contributed by atoms with Gasteiger partial charge < -0.3 is 19.8 Å². The third-order valence-corrected chi connectivity index (χ3v) is 5.99. The number of aliphatic imine (C=N–C) groups is 1. The summed E-state index contributed by atoms with van der Waals surface area (Å²) in [5.41, 5.74) is -3.85. The lowest BCUT2D eigenvalue weighted by molar-refractivity contribution is -0.139. The number of urea groups is 1. The summed E-state index contributed by atoms with van der Waals surface area (Å²) in [6.07, 6.45) is -6.40. The van der Waals surface area contributed by atoms with Crippen LogP contribution in [0.1, 0.15) is 31.1 Å². The number of carbonyl (C=O) groups excluding carboxylic acids is 2. The number of aliphatic hydroxyl groups excluding tert-OH is 2. The molecular weight excluding hydrogens is 552 g/mol. The van der Waals surface area contributed by atoms with Crippen LogP contribution in [0, 0.1) is 5.41 Å². The standard InChI is InChI=1S/C10H11F3N2O5.C9H11ClN4O2.ClH/c11-10(12,13)4-2-15(9(19)14-8(4)18)7-1-5(17)6(3-16)20-7;10-7-5(12-9(16)13-8(7)15)4-14-3-1-2-6(14)11;/h2,5-7,16-17H,1,3H2,(H,14,18,19);7,11H,1-4H2,(H,13,15,16);1H/t5-,6+,7+;;/m0../s1. The van der Waals surface area contributed by atoms with E-state index in [0.717, 1.165) is 19.4 Å². The molecule has 2 saturated heterocycles. The second-order valence-electron chi connectivity index (χ2n) is 8.05. The molecule has 4 heterocycles. The number of nitrogens with zero attached hydrogens (tertiary/aromatic N) is 3. The molecule has 3 aliphatic heterocycles. The zero-order valence-electron chi connectivity index (χ0n) is 18.8. The molecule has 206 valence electrons. The number of aliphatic hydroxyl groups is 2. The molecule has 3 aliphatic rings. The number of rotatable bonds is 4. The first kappa shape index (κ1) is 30.4. The van der Waals surface area contributed by atoms with Crippen LogP contribution in [0.25, 0.3) is 0 Å². The number of aromatic amines is 1. The molecule has 1 aromatic heterocycles. The molecule has 18 heteroatoms. The first-order chi connectivity index (χ1) is 16.8. The fraction of sp³-hybridized carbons (Fsp3) is 0.579. The zero-order chi connectivity index (χ0) is 26.8. The minimum absolute atomic E-state index is 0. The highest BCUT2D eigenvalue weighted by Gasteiger charge is 2.39. The summed E-state index contributed by atoms with van der Waals surface area (Å²) in [5.74, 6) is -0.0348. The van der Waals surface area contributed by atoms with Gasteiger partial charge in [0.15, 0.2) is 5.38 Å². The van der Waals surface area contributed by atoms with Gasteiger partial charge >= 0.3 is 17.9 Å². The van der Waals surface area contributed by atoms with E-state index in [4.69, 9.17) is 26.9 Å². The number of ether oxygens (including phenoxy) is 1. The van der Waals surface area contributed by atoms with E-state index in [1.54, 1.807) is 9.88 Å². The van der Waals surface area contributed by atoms with E-state index in [2.05, 4.69) is 4.99 Å². The van der Waals surface area contributed by atoms with E-state index < -0.39 is 65.3 Å². The van der Waals surface area contributed by atoms with Crippen molar-refractivity contribution in [3.8, 4) is 0 Å². The Morgan fingerprint density at radius 2 is 1.95 bits per heavy atom. The number of nitrogens with one attached hydrogen (secondary N) is 3. The Hall–Kier alpha value is -2.79. The van der Waals surface area contributed by atoms with Crippen LogP contribution < -0.4 is 16.6 Å². The lowest BCUT2D eigenvalue weighted by atomic mass is 10.2. The fourth-order valence-corrected chi connectivity index (χ4v) is 3.87. The monoisotopic (exact) mass is 574 g/mol. The molecule has 4 atom stereocenters. The maximum absolute atomic E-state index is 12.6. The lowest BCUT2D eigenvalue weighted by Crippen LogP contribution is -2.48. The Kier molecular flexibility index (Phi) is 10.0. The van der Waals surface area contributed by atoms with Crippen molar-refractivity contribution < 1.29 is 37.7 Å². The average Bonchev–Trinajstić information content (AvgIpc) is 3.36. The number of aromatic nitrogens is 2. The maximum atomic E-state index is 12.6. The number of amidine groups is 1. The van der Waals surface area contributed by atoms with E-state index in [9.17, 15) is 37.5 Å². The first-order valence-electron chi connectivity index (χ1n) is 10.6. The molecule has 2 fully saturated rings. The zero-order valence-corrected chi connectivity index (χ0v) is 20.4. The Balaban J connectivity index is 0.000000259. The molecular formula is C19H23Cl2F3N6O7. The number of alkyl halides is 4. The van der Waals surface area contributed by atoms with Crippen molar-refractivity contribution in [3.63, 3.8) is 0 Å². The van der Waals surface area contributed by atoms with Gasteiger partial charge in [-0.05, 0) is 6.42 Å². The predicted molar refractivity (Wildman–Crippen MR) is 124 cm³/mol. The van der Waals surface area contributed by atoms with Crippen LogP contribution in [-0.2, 0) is 15.7 Å².